The minimum Gasteiger partial charge on any atom is -0.399 e. The van der Waals surface area contributed by atoms with Crippen molar-refractivity contribution in [3.8, 4) is 0 Å². The lowest BCUT2D eigenvalue weighted by Gasteiger charge is -2.11. The van der Waals surface area contributed by atoms with Crippen LogP contribution in [-0.2, 0) is 0 Å². The van der Waals surface area contributed by atoms with Gasteiger partial charge in [0.25, 0.3) is 0 Å². The van der Waals surface area contributed by atoms with Crippen molar-refractivity contribution in [1.82, 2.24) is 0 Å². The molecule has 82 valence electrons. The fraction of sp³-hybridized carbons (Fsp3) is 0.143. The molecule has 0 heterocycles. The van der Waals surface area contributed by atoms with Crippen molar-refractivity contribution in [2.24, 2.45) is 0 Å². The van der Waals surface area contributed by atoms with E-state index in [1.807, 2.05) is 30.0 Å². The third kappa shape index (κ3) is 2.80. The average Bonchev–Trinajstić information content (AvgIpc) is 2.31. The van der Waals surface area contributed by atoms with Crippen LogP contribution in [0.25, 0.3) is 0 Å². The summed E-state index contributed by atoms with van der Waals surface area (Å²) in [5.41, 5.74) is 7.80. The van der Waals surface area contributed by atoms with Crippen LogP contribution >= 0.6 is 11.8 Å². The van der Waals surface area contributed by atoms with Crippen LogP contribution in [0.1, 0.15) is 17.7 Å². The molecule has 0 aliphatic carbocycles. The molecule has 2 N–H and O–H groups in total. The Morgan fingerprint density at radius 3 is 2.19 bits per heavy atom. The molecular weight excluding hydrogens is 214 g/mol. The van der Waals surface area contributed by atoms with Gasteiger partial charge in [0.15, 0.2) is 0 Å². The summed E-state index contributed by atoms with van der Waals surface area (Å²) < 4.78 is 0. The maximum absolute atomic E-state index is 5.67. The summed E-state index contributed by atoms with van der Waals surface area (Å²) in [4.78, 5) is 1.30. The number of rotatable bonds is 3. The Labute approximate surface area is 101 Å². The second kappa shape index (κ2) is 5.08. The Morgan fingerprint density at radius 2 is 1.56 bits per heavy atom. The van der Waals surface area contributed by atoms with Gasteiger partial charge >= 0.3 is 0 Å². The van der Waals surface area contributed by atoms with Crippen LogP contribution in [0, 0.1) is 0 Å². The summed E-state index contributed by atoms with van der Waals surface area (Å²) in [6.07, 6.45) is 0. The van der Waals surface area contributed by atoms with E-state index in [4.69, 9.17) is 5.73 Å². The van der Waals surface area contributed by atoms with E-state index in [9.17, 15) is 0 Å². The Balaban J connectivity index is 2.09. The van der Waals surface area contributed by atoms with E-state index in [1.54, 1.807) is 0 Å². The molecule has 1 nitrogen and oxygen atoms in total. The highest BCUT2D eigenvalue weighted by atomic mass is 32.2. The van der Waals surface area contributed by atoms with Crippen molar-refractivity contribution < 1.29 is 0 Å². The number of benzene rings is 2. The molecule has 0 radical (unpaired) electrons. The zero-order valence-corrected chi connectivity index (χ0v) is 10.1. The molecule has 16 heavy (non-hydrogen) atoms. The summed E-state index contributed by atoms with van der Waals surface area (Å²) in [5, 5.41) is 0.447. The van der Waals surface area contributed by atoms with Crippen LogP contribution in [0.2, 0.25) is 0 Å². The zero-order valence-electron chi connectivity index (χ0n) is 9.26. The van der Waals surface area contributed by atoms with Gasteiger partial charge in [-0.2, -0.15) is 0 Å². The quantitative estimate of drug-likeness (QED) is 0.633. The Bertz CT molecular complexity index is 436. The number of nitrogens with two attached hydrogens (primary N) is 1. The second-order valence-electron chi connectivity index (χ2n) is 3.74. The van der Waals surface area contributed by atoms with Crippen molar-refractivity contribution in [3.05, 3.63) is 60.2 Å². The number of hydrogen-bond donors (Lipinski definition) is 1. The zero-order chi connectivity index (χ0) is 11.4. The van der Waals surface area contributed by atoms with Gasteiger partial charge in [0, 0.05) is 15.8 Å². The van der Waals surface area contributed by atoms with Gasteiger partial charge in [-0.3, -0.25) is 0 Å². The summed E-state index contributed by atoms with van der Waals surface area (Å²) >= 11 is 1.86. The molecule has 0 saturated heterocycles. The van der Waals surface area contributed by atoms with Gasteiger partial charge < -0.3 is 5.73 Å². The van der Waals surface area contributed by atoms with Crippen molar-refractivity contribution in [3.63, 3.8) is 0 Å². The molecule has 0 fully saturated rings. The molecule has 2 aromatic carbocycles. The Hall–Kier alpha value is -1.41. The normalized spacial score (nSPS) is 12.3. The number of anilines is 1. The smallest absolute Gasteiger partial charge is 0.0316 e. The number of hydrogen-bond acceptors (Lipinski definition) is 2. The van der Waals surface area contributed by atoms with Crippen LogP contribution in [0.15, 0.2) is 59.5 Å². The summed E-state index contributed by atoms with van der Waals surface area (Å²) in [7, 11) is 0. The second-order valence-corrected chi connectivity index (χ2v) is 5.15. The molecule has 0 aromatic heterocycles. The third-order valence-corrected chi connectivity index (χ3v) is 3.63. The molecule has 2 aromatic rings. The Kier molecular flexibility index (Phi) is 3.52. The van der Waals surface area contributed by atoms with Crippen molar-refractivity contribution in [2.75, 3.05) is 5.73 Å². The molecule has 2 heteroatoms. The Morgan fingerprint density at radius 1 is 0.938 bits per heavy atom. The molecule has 0 saturated carbocycles. The van der Waals surface area contributed by atoms with Crippen molar-refractivity contribution >= 4 is 17.4 Å². The first-order valence-electron chi connectivity index (χ1n) is 5.33. The molecule has 0 aliphatic rings. The fourth-order valence-electron chi connectivity index (χ4n) is 1.54. The molecule has 0 spiro atoms. The highest BCUT2D eigenvalue weighted by Gasteiger charge is 2.06. The first kappa shape index (κ1) is 11.1. The van der Waals surface area contributed by atoms with Gasteiger partial charge in [-0.25, -0.2) is 0 Å². The van der Waals surface area contributed by atoms with E-state index >= 15 is 0 Å². The van der Waals surface area contributed by atoms with E-state index in [1.165, 1.54) is 10.5 Å². The number of thioether (sulfide) groups is 1. The molecule has 0 bridgehead atoms. The first-order chi connectivity index (χ1) is 7.75. The van der Waals surface area contributed by atoms with Gasteiger partial charge in [-0.1, -0.05) is 30.3 Å². The van der Waals surface area contributed by atoms with Gasteiger partial charge in [-0.05, 0) is 36.8 Å². The largest absolute Gasteiger partial charge is 0.399 e. The van der Waals surface area contributed by atoms with E-state index in [2.05, 4.69) is 43.3 Å². The van der Waals surface area contributed by atoms with E-state index in [0.717, 1.165) is 5.69 Å². The van der Waals surface area contributed by atoms with Crippen molar-refractivity contribution in [1.29, 1.82) is 0 Å². The molecule has 2 rings (SSSR count). The lowest BCUT2D eigenvalue weighted by molar-refractivity contribution is 1.10. The SMILES string of the molecule is CC(Sc1ccccc1)c1ccc(N)cc1. The van der Waals surface area contributed by atoms with Crippen LogP contribution in [-0.4, -0.2) is 0 Å². The van der Waals surface area contributed by atoms with E-state index < -0.39 is 0 Å². The van der Waals surface area contributed by atoms with Gasteiger partial charge in [0.2, 0.25) is 0 Å². The highest BCUT2D eigenvalue weighted by molar-refractivity contribution is 7.99. The predicted molar refractivity (Wildman–Crippen MR) is 71.6 cm³/mol. The minimum absolute atomic E-state index is 0.447. The summed E-state index contributed by atoms with van der Waals surface area (Å²) in [5.74, 6) is 0. The summed E-state index contributed by atoms with van der Waals surface area (Å²) in [6.45, 7) is 2.21. The molecule has 0 amide bonds. The predicted octanol–water partition coefficient (Wildman–Crippen LogP) is 4.12. The highest BCUT2D eigenvalue weighted by Crippen LogP contribution is 2.34. The van der Waals surface area contributed by atoms with Crippen LogP contribution in [0.3, 0.4) is 0 Å². The molecule has 0 aliphatic heterocycles. The average molecular weight is 229 g/mol. The standard InChI is InChI=1S/C14H15NS/c1-11(12-7-9-13(15)10-8-12)16-14-5-3-2-4-6-14/h2-11H,15H2,1H3. The van der Waals surface area contributed by atoms with Crippen LogP contribution in [0.4, 0.5) is 5.69 Å². The molecule has 1 unspecified atom stereocenters. The van der Waals surface area contributed by atoms with Crippen LogP contribution in [0.5, 0.6) is 0 Å². The van der Waals surface area contributed by atoms with E-state index in [0.29, 0.717) is 5.25 Å². The van der Waals surface area contributed by atoms with Gasteiger partial charge in [-0.15, -0.1) is 11.8 Å². The molecule has 1 atom stereocenters. The third-order valence-electron chi connectivity index (χ3n) is 2.46. The van der Waals surface area contributed by atoms with Crippen molar-refractivity contribution in [2.45, 2.75) is 17.1 Å². The maximum Gasteiger partial charge on any atom is 0.0316 e. The monoisotopic (exact) mass is 229 g/mol. The lowest BCUT2D eigenvalue weighted by Crippen LogP contribution is -1.90. The number of nitrogen functional groups attached to an aromatic ring is 1. The fourth-order valence-corrected chi connectivity index (χ4v) is 2.55. The van der Waals surface area contributed by atoms with Crippen LogP contribution < -0.4 is 5.73 Å². The maximum atomic E-state index is 5.67. The minimum atomic E-state index is 0.447. The van der Waals surface area contributed by atoms with Gasteiger partial charge in [0.1, 0.15) is 0 Å². The van der Waals surface area contributed by atoms with Gasteiger partial charge in [0.05, 0.1) is 0 Å². The molecular formula is C14H15NS. The lowest BCUT2D eigenvalue weighted by atomic mass is 10.1. The first-order valence-corrected chi connectivity index (χ1v) is 6.21. The van der Waals surface area contributed by atoms with E-state index in [-0.39, 0.29) is 0 Å². The topological polar surface area (TPSA) is 26.0 Å². The summed E-state index contributed by atoms with van der Waals surface area (Å²) in [6, 6.07) is 18.5.